The molecule has 1 aliphatic rings. The van der Waals surface area contributed by atoms with Crippen LogP contribution in [0.2, 0.25) is 0 Å². The Bertz CT molecular complexity index is 336. The summed E-state index contributed by atoms with van der Waals surface area (Å²) in [5.41, 5.74) is 1.20. The Labute approximate surface area is 96.6 Å². The molecule has 90 valence electrons. The zero-order valence-electron chi connectivity index (χ0n) is 10.2. The Morgan fingerprint density at radius 1 is 1.56 bits per heavy atom. The van der Waals surface area contributed by atoms with E-state index in [0.717, 1.165) is 25.5 Å². The number of likely N-dealkylation sites (N-methyl/N-ethyl adjacent to an activating group) is 2. The number of morpholine rings is 1. The number of furan rings is 1. The monoisotopic (exact) mass is 224 g/mol. The van der Waals surface area contributed by atoms with Gasteiger partial charge in [0.05, 0.1) is 25.0 Å². The Balaban J connectivity index is 2.22. The molecule has 2 heterocycles. The van der Waals surface area contributed by atoms with E-state index < -0.39 is 0 Å². The molecule has 1 fully saturated rings. The highest BCUT2D eigenvalue weighted by Gasteiger charge is 2.33. The molecule has 2 rings (SSSR count). The van der Waals surface area contributed by atoms with Crippen molar-refractivity contribution >= 4 is 0 Å². The summed E-state index contributed by atoms with van der Waals surface area (Å²) >= 11 is 0. The Morgan fingerprint density at radius 3 is 3.00 bits per heavy atom. The third-order valence-electron chi connectivity index (χ3n) is 3.18. The van der Waals surface area contributed by atoms with Gasteiger partial charge in [0, 0.05) is 13.1 Å². The Kier molecular flexibility index (Phi) is 3.63. The zero-order chi connectivity index (χ0) is 11.5. The first-order valence-electron chi connectivity index (χ1n) is 5.74. The van der Waals surface area contributed by atoms with E-state index in [2.05, 4.69) is 24.2 Å². The molecule has 0 amide bonds. The van der Waals surface area contributed by atoms with Gasteiger partial charge in [0.15, 0.2) is 0 Å². The number of ether oxygens (including phenoxy) is 1. The summed E-state index contributed by atoms with van der Waals surface area (Å²) in [5, 5.41) is 3.18. The quantitative estimate of drug-likeness (QED) is 0.836. The second-order valence-electron chi connectivity index (χ2n) is 4.36. The molecular formula is C12H20N2O2. The average Bonchev–Trinajstić information content (AvgIpc) is 2.65. The van der Waals surface area contributed by atoms with Crippen LogP contribution in [0.25, 0.3) is 0 Å². The van der Waals surface area contributed by atoms with Crippen molar-refractivity contribution in [2.45, 2.75) is 19.1 Å². The fourth-order valence-corrected chi connectivity index (χ4v) is 2.29. The minimum Gasteiger partial charge on any atom is -0.467 e. The third-order valence-corrected chi connectivity index (χ3v) is 3.18. The predicted octanol–water partition coefficient (Wildman–Crippen LogP) is 1.18. The summed E-state index contributed by atoms with van der Waals surface area (Å²) < 4.78 is 11.4. The van der Waals surface area contributed by atoms with E-state index in [-0.39, 0.29) is 12.1 Å². The first-order chi connectivity index (χ1) is 7.74. The molecule has 4 nitrogen and oxygen atoms in total. The molecule has 4 heteroatoms. The van der Waals surface area contributed by atoms with Crippen LogP contribution < -0.4 is 5.32 Å². The SMILES string of the molecule is CNCC1OCCN(C)C1c1occc1C. The van der Waals surface area contributed by atoms with Gasteiger partial charge in [-0.2, -0.15) is 0 Å². The van der Waals surface area contributed by atoms with Crippen molar-refractivity contribution in [3.05, 3.63) is 23.7 Å². The molecule has 0 radical (unpaired) electrons. The summed E-state index contributed by atoms with van der Waals surface area (Å²) in [6.07, 6.45) is 1.91. The van der Waals surface area contributed by atoms with Crippen molar-refractivity contribution in [1.82, 2.24) is 10.2 Å². The molecule has 0 bridgehead atoms. The van der Waals surface area contributed by atoms with E-state index >= 15 is 0 Å². The first kappa shape index (κ1) is 11.6. The molecule has 2 atom stereocenters. The zero-order valence-corrected chi connectivity index (χ0v) is 10.2. The van der Waals surface area contributed by atoms with Crippen LogP contribution in [0.4, 0.5) is 0 Å². The van der Waals surface area contributed by atoms with E-state index in [4.69, 9.17) is 9.15 Å². The highest BCUT2D eigenvalue weighted by molar-refractivity contribution is 5.20. The smallest absolute Gasteiger partial charge is 0.126 e. The maximum Gasteiger partial charge on any atom is 0.126 e. The standard InChI is InChI=1S/C12H20N2O2/c1-9-4-6-16-12(9)11-10(8-13-2)15-7-5-14(11)3/h4,6,10-11,13H,5,7-8H2,1-3H3. The summed E-state index contributed by atoms with van der Waals surface area (Å²) in [7, 11) is 4.07. The van der Waals surface area contributed by atoms with E-state index in [1.165, 1.54) is 5.56 Å². The number of nitrogens with zero attached hydrogens (tertiary/aromatic N) is 1. The van der Waals surface area contributed by atoms with Crippen molar-refractivity contribution < 1.29 is 9.15 Å². The molecule has 1 saturated heterocycles. The summed E-state index contributed by atoms with van der Waals surface area (Å²) in [5.74, 6) is 1.03. The summed E-state index contributed by atoms with van der Waals surface area (Å²) in [6, 6.07) is 2.23. The van der Waals surface area contributed by atoms with Crippen molar-refractivity contribution in [2.75, 3.05) is 33.8 Å². The van der Waals surface area contributed by atoms with E-state index in [0.29, 0.717) is 0 Å². The van der Waals surface area contributed by atoms with Gasteiger partial charge in [-0.3, -0.25) is 4.90 Å². The van der Waals surface area contributed by atoms with Crippen molar-refractivity contribution in [1.29, 1.82) is 0 Å². The molecule has 1 aliphatic heterocycles. The minimum absolute atomic E-state index is 0.161. The normalized spacial score (nSPS) is 27.2. The summed E-state index contributed by atoms with van der Waals surface area (Å²) in [4.78, 5) is 2.30. The lowest BCUT2D eigenvalue weighted by Gasteiger charge is -2.38. The fraction of sp³-hybridized carbons (Fsp3) is 0.667. The van der Waals surface area contributed by atoms with Gasteiger partial charge in [0.1, 0.15) is 5.76 Å². The van der Waals surface area contributed by atoms with E-state index in [9.17, 15) is 0 Å². The summed E-state index contributed by atoms with van der Waals surface area (Å²) in [6.45, 7) is 4.66. The van der Waals surface area contributed by atoms with Gasteiger partial charge in [-0.1, -0.05) is 0 Å². The number of nitrogens with one attached hydrogen (secondary N) is 1. The second kappa shape index (κ2) is 4.99. The molecule has 1 aromatic rings. The molecule has 0 spiro atoms. The number of hydrogen-bond donors (Lipinski definition) is 1. The molecule has 2 unspecified atom stereocenters. The van der Waals surface area contributed by atoms with Gasteiger partial charge >= 0.3 is 0 Å². The van der Waals surface area contributed by atoms with Gasteiger partial charge in [0.2, 0.25) is 0 Å². The first-order valence-corrected chi connectivity index (χ1v) is 5.74. The van der Waals surface area contributed by atoms with Gasteiger partial charge in [0.25, 0.3) is 0 Å². The van der Waals surface area contributed by atoms with E-state index in [1.807, 2.05) is 13.1 Å². The lowest BCUT2D eigenvalue weighted by atomic mass is 10.0. The lowest BCUT2D eigenvalue weighted by Crippen LogP contribution is -2.47. The Morgan fingerprint density at radius 2 is 2.38 bits per heavy atom. The van der Waals surface area contributed by atoms with Crippen LogP contribution in [-0.2, 0) is 4.74 Å². The number of rotatable bonds is 3. The Hall–Kier alpha value is -0.840. The van der Waals surface area contributed by atoms with Gasteiger partial charge in [-0.05, 0) is 32.6 Å². The van der Waals surface area contributed by atoms with Crippen molar-refractivity contribution in [3.63, 3.8) is 0 Å². The third kappa shape index (κ3) is 2.14. The largest absolute Gasteiger partial charge is 0.467 e. The molecule has 1 N–H and O–H groups in total. The fourth-order valence-electron chi connectivity index (χ4n) is 2.29. The number of hydrogen-bond acceptors (Lipinski definition) is 4. The second-order valence-corrected chi connectivity index (χ2v) is 4.36. The van der Waals surface area contributed by atoms with Gasteiger partial charge < -0.3 is 14.5 Å². The highest BCUT2D eigenvalue weighted by Crippen LogP contribution is 2.30. The van der Waals surface area contributed by atoms with Crippen LogP contribution in [0.5, 0.6) is 0 Å². The maximum absolute atomic E-state index is 5.82. The number of aryl methyl sites for hydroxylation is 1. The van der Waals surface area contributed by atoms with Crippen LogP contribution in [0.3, 0.4) is 0 Å². The molecule has 16 heavy (non-hydrogen) atoms. The van der Waals surface area contributed by atoms with Crippen molar-refractivity contribution in [2.24, 2.45) is 0 Å². The molecular weight excluding hydrogens is 204 g/mol. The van der Waals surface area contributed by atoms with E-state index in [1.54, 1.807) is 6.26 Å². The lowest BCUT2D eigenvalue weighted by molar-refractivity contribution is -0.0671. The van der Waals surface area contributed by atoms with Crippen LogP contribution >= 0.6 is 0 Å². The van der Waals surface area contributed by atoms with Crippen LogP contribution in [0, 0.1) is 6.92 Å². The van der Waals surface area contributed by atoms with Gasteiger partial charge in [-0.15, -0.1) is 0 Å². The predicted molar refractivity (Wildman–Crippen MR) is 62.5 cm³/mol. The topological polar surface area (TPSA) is 37.6 Å². The van der Waals surface area contributed by atoms with Crippen LogP contribution in [0.1, 0.15) is 17.4 Å². The van der Waals surface area contributed by atoms with Crippen molar-refractivity contribution in [3.8, 4) is 0 Å². The maximum atomic E-state index is 5.82. The average molecular weight is 224 g/mol. The van der Waals surface area contributed by atoms with Crippen LogP contribution in [-0.4, -0.2) is 44.8 Å². The molecule has 0 aliphatic carbocycles. The molecule has 1 aromatic heterocycles. The minimum atomic E-state index is 0.161. The highest BCUT2D eigenvalue weighted by atomic mass is 16.5. The molecule has 0 aromatic carbocycles. The van der Waals surface area contributed by atoms with Gasteiger partial charge in [-0.25, -0.2) is 0 Å². The molecule has 0 saturated carbocycles. The van der Waals surface area contributed by atoms with Crippen LogP contribution in [0.15, 0.2) is 16.7 Å².